The molecule has 0 aromatic rings. The Balaban J connectivity index is 6.33. The number of sulfonamides is 1. The smallest absolute Gasteiger partial charge is 0.281 e. The summed E-state index contributed by atoms with van der Waals surface area (Å²) in [4.78, 5) is 0. The fourth-order valence-electron chi connectivity index (χ4n) is 1.21. The fraction of sp³-hybridized carbons (Fsp3) is 0.556. The number of nitrogens with zero attached hydrogens (tertiary/aromatic N) is 1. The van der Waals surface area contributed by atoms with Gasteiger partial charge in [-0.3, -0.25) is 4.55 Å². The first-order valence-corrected chi connectivity index (χ1v) is 8.22. The van der Waals surface area contributed by atoms with E-state index in [0.29, 0.717) is 12.2 Å². The van der Waals surface area contributed by atoms with Crippen LogP contribution in [0.15, 0.2) is 25.3 Å². The SMILES string of the molecule is C=CCN(CC=C)S(=O)(=O)C(F)(F)C(F)(F)C(F)(F)S(=O)(=O)O. The standard InChI is InChI=1S/C9H11F6NO5S2/c1-3-5-16(6-4-2)22(17,18)8(12,13)7(10,11)9(14,15)23(19,20)21/h3-4H,1-2,5-6H2,(H,19,20,21). The first-order chi connectivity index (χ1) is 10.0. The van der Waals surface area contributed by atoms with Gasteiger partial charge in [-0.15, -0.1) is 13.2 Å². The van der Waals surface area contributed by atoms with Gasteiger partial charge in [-0.25, -0.2) is 8.42 Å². The van der Waals surface area contributed by atoms with Crippen molar-refractivity contribution in [3.05, 3.63) is 25.3 Å². The summed E-state index contributed by atoms with van der Waals surface area (Å²) in [5.74, 6) is -6.97. The number of alkyl halides is 6. The first-order valence-electron chi connectivity index (χ1n) is 5.34. The predicted octanol–water partition coefficient (Wildman–Crippen LogP) is 1.70. The summed E-state index contributed by atoms with van der Waals surface area (Å²) < 4.78 is 131. The third-order valence-electron chi connectivity index (χ3n) is 2.38. The summed E-state index contributed by atoms with van der Waals surface area (Å²) in [6.45, 7) is 3.99. The summed E-state index contributed by atoms with van der Waals surface area (Å²) in [5, 5.41) is -13.3. The molecular weight excluding hydrogens is 380 g/mol. The third kappa shape index (κ3) is 3.39. The van der Waals surface area contributed by atoms with Gasteiger partial charge in [0.1, 0.15) is 0 Å². The lowest BCUT2D eigenvalue weighted by atomic mass is 10.3. The number of rotatable bonds is 9. The average molecular weight is 391 g/mol. The highest BCUT2D eigenvalue weighted by Crippen LogP contribution is 2.51. The molecule has 0 atom stereocenters. The monoisotopic (exact) mass is 391 g/mol. The maximum atomic E-state index is 13.6. The van der Waals surface area contributed by atoms with Crippen molar-refractivity contribution in [2.24, 2.45) is 0 Å². The lowest BCUT2D eigenvalue weighted by molar-refractivity contribution is -0.246. The zero-order valence-corrected chi connectivity index (χ0v) is 12.7. The zero-order chi connectivity index (χ0) is 18.9. The van der Waals surface area contributed by atoms with E-state index < -0.39 is 49.7 Å². The van der Waals surface area contributed by atoms with Crippen molar-refractivity contribution in [1.29, 1.82) is 0 Å². The molecule has 0 unspecified atom stereocenters. The highest BCUT2D eigenvalue weighted by atomic mass is 32.2. The van der Waals surface area contributed by atoms with Gasteiger partial charge in [-0.05, 0) is 0 Å². The van der Waals surface area contributed by atoms with Gasteiger partial charge in [0.2, 0.25) is 0 Å². The molecule has 0 aromatic heterocycles. The molecule has 0 amide bonds. The van der Waals surface area contributed by atoms with E-state index in [1.54, 1.807) is 0 Å². The van der Waals surface area contributed by atoms with Crippen LogP contribution in [-0.4, -0.2) is 55.2 Å². The molecule has 14 heteroatoms. The number of hydrogen-bond donors (Lipinski definition) is 1. The zero-order valence-electron chi connectivity index (χ0n) is 11.1. The van der Waals surface area contributed by atoms with Crippen LogP contribution in [0.4, 0.5) is 26.3 Å². The minimum Gasteiger partial charge on any atom is -0.281 e. The minimum atomic E-state index is -7.04. The van der Waals surface area contributed by atoms with Gasteiger partial charge in [0.25, 0.3) is 10.0 Å². The molecule has 0 aromatic carbocycles. The Morgan fingerprint density at radius 2 is 1.22 bits per heavy atom. The lowest BCUT2D eigenvalue weighted by Gasteiger charge is -2.33. The Kier molecular flexibility index (Phi) is 6.10. The molecule has 0 aliphatic carbocycles. The van der Waals surface area contributed by atoms with Gasteiger partial charge >= 0.3 is 26.5 Å². The highest BCUT2D eigenvalue weighted by Gasteiger charge is 2.82. The first kappa shape index (κ1) is 21.9. The molecule has 0 aliphatic heterocycles. The van der Waals surface area contributed by atoms with Crippen molar-refractivity contribution < 1.29 is 47.7 Å². The predicted molar refractivity (Wildman–Crippen MR) is 67.3 cm³/mol. The van der Waals surface area contributed by atoms with Crippen LogP contribution in [0.1, 0.15) is 0 Å². The van der Waals surface area contributed by atoms with E-state index in [9.17, 15) is 43.2 Å². The van der Waals surface area contributed by atoms with Crippen molar-refractivity contribution in [3.63, 3.8) is 0 Å². The van der Waals surface area contributed by atoms with Gasteiger partial charge in [-0.2, -0.15) is 39.1 Å². The molecule has 23 heavy (non-hydrogen) atoms. The van der Waals surface area contributed by atoms with Crippen molar-refractivity contribution >= 4 is 20.1 Å². The van der Waals surface area contributed by atoms with E-state index in [0.717, 1.165) is 0 Å². The largest absolute Gasteiger partial charge is 0.439 e. The minimum absolute atomic E-state index is 0.374. The van der Waals surface area contributed by atoms with Crippen molar-refractivity contribution in [2.75, 3.05) is 13.1 Å². The maximum Gasteiger partial charge on any atom is 0.439 e. The molecule has 0 heterocycles. The Morgan fingerprint density at radius 3 is 1.48 bits per heavy atom. The van der Waals surface area contributed by atoms with Gasteiger partial charge in [-0.1, -0.05) is 12.2 Å². The summed E-state index contributed by atoms with van der Waals surface area (Å²) in [6, 6.07) is 0. The molecule has 0 bridgehead atoms. The highest BCUT2D eigenvalue weighted by molar-refractivity contribution is 7.90. The Hall–Kier alpha value is -1.12. The van der Waals surface area contributed by atoms with Crippen LogP contribution in [0.3, 0.4) is 0 Å². The van der Waals surface area contributed by atoms with E-state index in [1.807, 2.05) is 0 Å². The van der Waals surface area contributed by atoms with E-state index in [4.69, 9.17) is 4.55 Å². The van der Waals surface area contributed by atoms with Crippen LogP contribution >= 0.6 is 0 Å². The van der Waals surface area contributed by atoms with Crippen molar-refractivity contribution in [1.82, 2.24) is 4.31 Å². The van der Waals surface area contributed by atoms with Crippen LogP contribution < -0.4 is 0 Å². The normalized spacial score (nSPS) is 14.8. The van der Waals surface area contributed by atoms with Gasteiger partial charge < -0.3 is 0 Å². The summed E-state index contributed by atoms with van der Waals surface area (Å²) in [5.41, 5.74) is 0. The van der Waals surface area contributed by atoms with Crippen LogP contribution in [0, 0.1) is 0 Å². The lowest BCUT2D eigenvalue weighted by Crippen LogP contribution is -2.63. The van der Waals surface area contributed by atoms with Gasteiger partial charge in [0.05, 0.1) is 0 Å². The molecule has 0 rings (SSSR count). The molecular formula is C9H11F6NO5S2. The van der Waals surface area contributed by atoms with E-state index in [-0.39, 0.29) is 4.31 Å². The van der Waals surface area contributed by atoms with Crippen LogP contribution in [0.5, 0.6) is 0 Å². The van der Waals surface area contributed by atoms with Crippen LogP contribution in [0.25, 0.3) is 0 Å². The van der Waals surface area contributed by atoms with Crippen molar-refractivity contribution in [3.8, 4) is 0 Å². The molecule has 0 fully saturated rings. The Labute approximate surface area is 127 Å². The number of hydrogen-bond acceptors (Lipinski definition) is 4. The molecule has 0 aliphatic rings. The van der Waals surface area contributed by atoms with Gasteiger partial charge in [0.15, 0.2) is 0 Å². The molecule has 0 radical (unpaired) electrons. The Morgan fingerprint density at radius 1 is 0.870 bits per heavy atom. The van der Waals surface area contributed by atoms with Crippen LogP contribution in [-0.2, 0) is 20.1 Å². The average Bonchev–Trinajstić information content (AvgIpc) is 2.36. The number of halogens is 6. The van der Waals surface area contributed by atoms with E-state index >= 15 is 0 Å². The fourth-order valence-corrected chi connectivity index (χ4v) is 3.11. The Bertz CT molecular complexity index is 663. The van der Waals surface area contributed by atoms with E-state index in [1.165, 1.54) is 0 Å². The molecule has 0 spiro atoms. The molecule has 6 nitrogen and oxygen atoms in total. The summed E-state index contributed by atoms with van der Waals surface area (Å²) >= 11 is 0. The van der Waals surface area contributed by atoms with Gasteiger partial charge in [0, 0.05) is 13.1 Å². The maximum absolute atomic E-state index is 13.6. The van der Waals surface area contributed by atoms with Crippen molar-refractivity contribution in [2.45, 2.75) is 16.4 Å². The topological polar surface area (TPSA) is 91.8 Å². The van der Waals surface area contributed by atoms with Crippen LogP contribution in [0.2, 0.25) is 0 Å². The second-order valence-electron chi connectivity index (χ2n) is 3.98. The third-order valence-corrected chi connectivity index (χ3v) is 5.17. The quantitative estimate of drug-likeness (QED) is 0.367. The summed E-state index contributed by atoms with van der Waals surface area (Å²) in [7, 11) is -13.5. The molecule has 1 N–H and O–H groups in total. The summed E-state index contributed by atoms with van der Waals surface area (Å²) in [6.07, 6.45) is 1.38. The van der Waals surface area contributed by atoms with E-state index in [2.05, 4.69) is 13.2 Å². The molecule has 0 saturated heterocycles. The molecule has 0 saturated carbocycles. The second kappa shape index (κ2) is 6.41. The second-order valence-corrected chi connectivity index (χ2v) is 7.42. The molecule has 136 valence electrons.